The number of carbonyl (C=O) groups is 2. The van der Waals surface area contributed by atoms with Crippen LogP contribution in [0.5, 0.6) is 0 Å². The first kappa shape index (κ1) is 13.1. The smallest absolute Gasteiger partial charge is 0.326 e. The molecule has 0 unspecified atom stereocenters. The third kappa shape index (κ3) is 3.82. The van der Waals surface area contributed by atoms with E-state index in [2.05, 4.69) is 15.3 Å². The van der Waals surface area contributed by atoms with Gasteiger partial charge in [-0.25, -0.2) is 9.78 Å². The monoisotopic (exact) mass is 237 g/mol. The van der Waals surface area contributed by atoms with Crippen LogP contribution in [0.1, 0.15) is 35.9 Å². The Labute approximate surface area is 99.1 Å². The summed E-state index contributed by atoms with van der Waals surface area (Å²) >= 11 is 0. The summed E-state index contributed by atoms with van der Waals surface area (Å²) in [6, 6.07) is -0.879. The van der Waals surface area contributed by atoms with Gasteiger partial charge in [0.05, 0.1) is 11.9 Å². The molecule has 0 saturated carbocycles. The zero-order valence-corrected chi connectivity index (χ0v) is 9.80. The van der Waals surface area contributed by atoms with Crippen molar-refractivity contribution >= 4 is 11.9 Å². The zero-order chi connectivity index (χ0) is 12.8. The Kier molecular flexibility index (Phi) is 4.56. The number of carbonyl (C=O) groups excluding carboxylic acids is 1. The van der Waals surface area contributed by atoms with Gasteiger partial charge in [-0.05, 0) is 13.3 Å². The normalized spacial score (nSPS) is 11.9. The molecule has 0 aliphatic carbocycles. The largest absolute Gasteiger partial charge is 0.480 e. The molecule has 0 aromatic carbocycles. The van der Waals surface area contributed by atoms with Crippen molar-refractivity contribution in [2.24, 2.45) is 0 Å². The molecule has 1 atom stereocenters. The van der Waals surface area contributed by atoms with Crippen molar-refractivity contribution in [2.45, 2.75) is 32.7 Å². The van der Waals surface area contributed by atoms with E-state index in [1.54, 1.807) is 6.92 Å². The Bertz CT molecular complexity index is 403. The van der Waals surface area contributed by atoms with Crippen LogP contribution in [0.2, 0.25) is 0 Å². The molecule has 1 amide bonds. The molecule has 1 rings (SSSR count). The molecule has 6 nitrogen and oxygen atoms in total. The molecule has 17 heavy (non-hydrogen) atoms. The third-order valence-corrected chi connectivity index (χ3v) is 2.19. The van der Waals surface area contributed by atoms with E-state index in [0.29, 0.717) is 18.5 Å². The second kappa shape index (κ2) is 5.93. The molecule has 6 heteroatoms. The van der Waals surface area contributed by atoms with Crippen LogP contribution in [0.4, 0.5) is 0 Å². The lowest BCUT2D eigenvalue weighted by Gasteiger charge is -2.12. The molecular formula is C11H15N3O3. The first-order valence-corrected chi connectivity index (χ1v) is 5.37. The quantitative estimate of drug-likeness (QED) is 0.789. The highest BCUT2D eigenvalue weighted by molar-refractivity contribution is 5.94. The van der Waals surface area contributed by atoms with Crippen LogP contribution in [0.25, 0.3) is 0 Å². The molecule has 0 bridgehead atoms. The molecule has 2 N–H and O–H groups in total. The van der Waals surface area contributed by atoms with Gasteiger partial charge < -0.3 is 10.4 Å². The number of hydrogen-bond acceptors (Lipinski definition) is 4. The fourth-order valence-electron chi connectivity index (χ4n) is 1.29. The fraction of sp³-hybridized carbons (Fsp3) is 0.455. The molecule has 0 spiro atoms. The van der Waals surface area contributed by atoms with Crippen molar-refractivity contribution in [2.75, 3.05) is 0 Å². The van der Waals surface area contributed by atoms with Gasteiger partial charge in [0.2, 0.25) is 0 Å². The maximum atomic E-state index is 11.7. The van der Waals surface area contributed by atoms with E-state index in [0.717, 1.165) is 0 Å². The third-order valence-electron chi connectivity index (χ3n) is 2.19. The minimum Gasteiger partial charge on any atom is -0.480 e. The predicted molar refractivity (Wildman–Crippen MR) is 60.6 cm³/mol. The summed E-state index contributed by atoms with van der Waals surface area (Å²) in [5.74, 6) is -1.56. The molecule has 1 aromatic heterocycles. The highest BCUT2D eigenvalue weighted by atomic mass is 16.4. The van der Waals surface area contributed by atoms with E-state index < -0.39 is 17.9 Å². The zero-order valence-electron chi connectivity index (χ0n) is 9.80. The van der Waals surface area contributed by atoms with E-state index in [1.165, 1.54) is 12.4 Å². The minimum atomic E-state index is -1.04. The molecule has 0 fully saturated rings. The summed E-state index contributed by atoms with van der Waals surface area (Å²) in [4.78, 5) is 30.3. The summed E-state index contributed by atoms with van der Waals surface area (Å²) in [6.45, 7) is 3.61. The van der Waals surface area contributed by atoms with Gasteiger partial charge in [-0.2, -0.15) is 0 Å². The maximum absolute atomic E-state index is 11.7. The number of aryl methyl sites for hydroxylation is 1. The lowest BCUT2D eigenvalue weighted by Crippen LogP contribution is -2.41. The van der Waals surface area contributed by atoms with Gasteiger partial charge in [0.25, 0.3) is 5.91 Å². The second-order valence-electron chi connectivity index (χ2n) is 3.70. The van der Waals surface area contributed by atoms with Crippen LogP contribution in [-0.4, -0.2) is 33.0 Å². The molecule has 92 valence electrons. The maximum Gasteiger partial charge on any atom is 0.326 e. The van der Waals surface area contributed by atoms with Gasteiger partial charge in [-0.3, -0.25) is 9.78 Å². The van der Waals surface area contributed by atoms with Crippen LogP contribution in [-0.2, 0) is 4.79 Å². The van der Waals surface area contributed by atoms with Crippen LogP contribution < -0.4 is 5.32 Å². The van der Waals surface area contributed by atoms with E-state index in [9.17, 15) is 9.59 Å². The summed E-state index contributed by atoms with van der Waals surface area (Å²) in [7, 11) is 0. The lowest BCUT2D eigenvalue weighted by atomic mass is 10.1. The summed E-state index contributed by atoms with van der Waals surface area (Å²) in [5, 5.41) is 11.3. The highest BCUT2D eigenvalue weighted by Crippen LogP contribution is 2.00. The SMILES string of the molecule is CCC[C@@H](NC(=O)c1cnc(C)cn1)C(=O)O. The summed E-state index contributed by atoms with van der Waals surface area (Å²) in [6.07, 6.45) is 3.86. The standard InChI is InChI=1S/C11H15N3O3/c1-3-4-8(11(16)17)14-10(15)9-6-12-7(2)5-13-9/h5-6,8H,3-4H2,1-2H3,(H,14,15)(H,16,17)/t8-/m1/s1. The fourth-order valence-corrected chi connectivity index (χ4v) is 1.29. The number of rotatable bonds is 5. The molecule has 0 saturated heterocycles. The molecule has 0 radical (unpaired) electrons. The van der Waals surface area contributed by atoms with Crippen molar-refractivity contribution in [1.82, 2.24) is 15.3 Å². The van der Waals surface area contributed by atoms with Crippen LogP contribution in [0.15, 0.2) is 12.4 Å². The summed E-state index contributed by atoms with van der Waals surface area (Å²) < 4.78 is 0. The average Bonchev–Trinajstić information content (AvgIpc) is 2.29. The predicted octanol–water partition coefficient (Wildman–Crippen LogP) is 0.768. The molecule has 0 aliphatic heterocycles. The molecular weight excluding hydrogens is 222 g/mol. The van der Waals surface area contributed by atoms with E-state index in [-0.39, 0.29) is 5.69 Å². The summed E-state index contributed by atoms with van der Waals surface area (Å²) in [5.41, 5.74) is 0.822. The highest BCUT2D eigenvalue weighted by Gasteiger charge is 2.20. The number of nitrogens with zero attached hydrogens (tertiary/aromatic N) is 2. The molecule has 1 aromatic rings. The first-order valence-electron chi connectivity index (χ1n) is 5.37. The van der Waals surface area contributed by atoms with Crippen LogP contribution >= 0.6 is 0 Å². The molecule has 1 heterocycles. The number of aliphatic carboxylic acids is 1. The van der Waals surface area contributed by atoms with Gasteiger partial charge in [0.15, 0.2) is 0 Å². The van der Waals surface area contributed by atoms with Crippen molar-refractivity contribution in [3.63, 3.8) is 0 Å². The molecule has 0 aliphatic rings. The van der Waals surface area contributed by atoms with Crippen LogP contribution in [0, 0.1) is 6.92 Å². The number of nitrogens with one attached hydrogen (secondary N) is 1. The van der Waals surface area contributed by atoms with Gasteiger partial charge in [0.1, 0.15) is 11.7 Å². The Morgan fingerprint density at radius 1 is 1.41 bits per heavy atom. The number of carboxylic acid groups (broad SMARTS) is 1. The van der Waals surface area contributed by atoms with Crippen molar-refractivity contribution in [3.8, 4) is 0 Å². The first-order chi connectivity index (χ1) is 8.04. The number of carboxylic acids is 1. The van der Waals surface area contributed by atoms with Crippen molar-refractivity contribution < 1.29 is 14.7 Å². The van der Waals surface area contributed by atoms with Gasteiger partial charge in [-0.1, -0.05) is 13.3 Å². The van der Waals surface area contributed by atoms with E-state index in [4.69, 9.17) is 5.11 Å². The van der Waals surface area contributed by atoms with Gasteiger partial charge in [-0.15, -0.1) is 0 Å². The minimum absolute atomic E-state index is 0.123. The number of aromatic nitrogens is 2. The van der Waals surface area contributed by atoms with E-state index in [1.807, 2.05) is 6.92 Å². The Hall–Kier alpha value is -1.98. The Balaban J connectivity index is 2.70. The Morgan fingerprint density at radius 3 is 2.59 bits per heavy atom. The second-order valence-corrected chi connectivity index (χ2v) is 3.70. The van der Waals surface area contributed by atoms with Crippen LogP contribution in [0.3, 0.4) is 0 Å². The average molecular weight is 237 g/mol. The van der Waals surface area contributed by atoms with Gasteiger partial charge >= 0.3 is 5.97 Å². The topological polar surface area (TPSA) is 92.2 Å². The number of amides is 1. The van der Waals surface area contributed by atoms with Crippen molar-refractivity contribution in [1.29, 1.82) is 0 Å². The van der Waals surface area contributed by atoms with Gasteiger partial charge in [0, 0.05) is 6.20 Å². The van der Waals surface area contributed by atoms with E-state index >= 15 is 0 Å². The Morgan fingerprint density at radius 2 is 2.12 bits per heavy atom. The lowest BCUT2D eigenvalue weighted by molar-refractivity contribution is -0.139. The number of hydrogen-bond donors (Lipinski definition) is 2. The van der Waals surface area contributed by atoms with Crippen molar-refractivity contribution in [3.05, 3.63) is 23.8 Å².